The number of anilines is 1. The smallest absolute Gasteiger partial charge is 0.338 e. The van der Waals surface area contributed by atoms with E-state index in [0.717, 1.165) is 0 Å². The third kappa shape index (κ3) is 3.07. The monoisotopic (exact) mass is 251 g/mol. The van der Waals surface area contributed by atoms with Crippen molar-refractivity contribution in [2.24, 2.45) is 0 Å². The summed E-state index contributed by atoms with van der Waals surface area (Å²) in [6.45, 7) is 1.34. The average Bonchev–Trinajstić information content (AvgIpc) is 2.36. The number of hydrogen-bond donors (Lipinski definition) is 1. The summed E-state index contributed by atoms with van der Waals surface area (Å²) in [6.07, 6.45) is 0. The van der Waals surface area contributed by atoms with Crippen molar-refractivity contribution in [1.82, 2.24) is 0 Å². The van der Waals surface area contributed by atoms with Crippen molar-refractivity contribution in [3.63, 3.8) is 0 Å². The van der Waals surface area contributed by atoms with Crippen LogP contribution >= 0.6 is 0 Å². The zero-order valence-electron chi connectivity index (χ0n) is 10.3. The van der Waals surface area contributed by atoms with Crippen molar-refractivity contribution < 1.29 is 23.9 Å². The lowest BCUT2D eigenvalue weighted by Crippen LogP contribution is -2.13. The van der Waals surface area contributed by atoms with Gasteiger partial charge in [-0.1, -0.05) is 0 Å². The molecule has 0 aromatic heterocycles. The van der Waals surface area contributed by atoms with Crippen molar-refractivity contribution in [2.45, 2.75) is 6.92 Å². The van der Waals surface area contributed by atoms with Gasteiger partial charge in [-0.3, -0.25) is 4.79 Å². The number of amides is 1. The third-order valence-electron chi connectivity index (χ3n) is 2.15. The molecule has 6 nitrogen and oxygen atoms in total. The first kappa shape index (κ1) is 13.7. The average molecular weight is 251 g/mol. The molecular formula is C12H13NO5. The van der Waals surface area contributed by atoms with E-state index < -0.39 is 11.9 Å². The molecule has 0 aliphatic heterocycles. The van der Waals surface area contributed by atoms with E-state index in [1.165, 1.54) is 39.3 Å². The van der Waals surface area contributed by atoms with Gasteiger partial charge in [0, 0.05) is 12.6 Å². The Morgan fingerprint density at radius 1 is 1.00 bits per heavy atom. The predicted molar refractivity (Wildman–Crippen MR) is 63.4 cm³/mol. The number of rotatable bonds is 3. The molecule has 0 atom stereocenters. The van der Waals surface area contributed by atoms with Gasteiger partial charge in [-0.25, -0.2) is 9.59 Å². The summed E-state index contributed by atoms with van der Waals surface area (Å²) < 4.78 is 9.13. The number of carbonyl (C=O) groups is 3. The Morgan fingerprint density at radius 3 is 2.06 bits per heavy atom. The van der Waals surface area contributed by atoms with Crippen LogP contribution < -0.4 is 5.32 Å². The maximum atomic E-state index is 11.5. The Balaban J connectivity index is 3.24. The molecule has 1 rings (SSSR count). The van der Waals surface area contributed by atoms with Gasteiger partial charge in [-0.05, 0) is 18.2 Å². The molecule has 0 unspecified atom stereocenters. The fourth-order valence-electron chi connectivity index (χ4n) is 1.39. The number of methoxy groups -OCH3 is 2. The van der Waals surface area contributed by atoms with E-state index in [4.69, 9.17) is 0 Å². The molecule has 6 heteroatoms. The number of esters is 2. The van der Waals surface area contributed by atoms with Gasteiger partial charge in [0.05, 0.1) is 25.3 Å². The van der Waals surface area contributed by atoms with E-state index in [-0.39, 0.29) is 17.0 Å². The highest BCUT2D eigenvalue weighted by Crippen LogP contribution is 2.18. The van der Waals surface area contributed by atoms with E-state index in [0.29, 0.717) is 5.69 Å². The van der Waals surface area contributed by atoms with Crippen LogP contribution in [0.4, 0.5) is 5.69 Å². The van der Waals surface area contributed by atoms with Gasteiger partial charge in [-0.2, -0.15) is 0 Å². The normalized spacial score (nSPS) is 9.50. The molecule has 1 aromatic carbocycles. The molecule has 96 valence electrons. The molecule has 0 saturated carbocycles. The van der Waals surface area contributed by atoms with Gasteiger partial charge >= 0.3 is 11.9 Å². The molecule has 1 amide bonds. The zero-order valence-corrected chi connectivity index (χ0v) is 10.3. The SMILES string of the molecule is COC(=O)c1ccc(NC(C)=O)cc1C(=O)OC. The van der Waals surface area contributed by atoms with Crippen LogP contribution in [-0.4, -0.2) is 32.1 Å². The quantitative estimate of drug-likeness (QED) is 0.817. The van der Waals surface area contributed by atoms with E-state index in [9.17, 15) is 14.4 Å². The molecule has 1 aromatic rings. The van der Waals surface area contributed by atoms with Crippen LogP contribution in [0.1, 0.15) is 27.6 Å². The van der Waals surface area contributed by atoms with E-state index in [1.807, 2.05) is 0 Å². The van der Waals surface area contributed by atoms with Crippen LogP contribution in [-0.2, 0) is 14.3 Å². The van der Waals surface area contributed by atoms with Crippen molar-refractivity contribution in [1.29, 1.82) is 0 Å². The number of nitrogens with one attached hydrogen (secondary N) is 1. The highest BCUT2D eigenvalue weighted by molar-refractivity contribution is 6.04. The molecule has 1 N–H and O–H groups in total. The summed E-state index contributed by atoms with van der Waals surface area (Å²) in [7, 11) is 2.42. The molecular weight excluding hydrogens is 238 g/mol. The van der Waals surface area contributed by atoms with Crippen LogP contribution in [0.15, 0.2) is 18.2 Å². The number of hydrogen-bond acceptors (Lipinski definition) is 5. The van der Waals surface area contributed by atoms with E-state index in [2.05, 4.69) is 14.8 Å². The van der Waals surface area contributed by atoms with E-state index >= 15 is 0 Å². The van der Waals surface area contributed by atoms with Crippen molar-refractivity contribution in [2.75, 3.05) is 19.5 Å². The minimum Gasteiger partial charge on any atom is -0.465 e. The standard InChI is InChI=1S/C12H13NO5/c1-7(14)13-8-4-5-9(11(15)17-2)10(6-8)12(16)18-3/h4-6H,1-3H3,(H,13,14). The van der Waals surface area contributed by atoms with Crippen molar-refractivity contribution in [3.8, 4) is 0 Å². The van der Waals surface area contributed by atoms with Gasteiger partial charge < -0.3 is 14.8 Å². The maximum Gasteiger partial charge on any atom is 0.338 e. The Morgan fingerprint density at radius 2 is 1.56 bits per heavy atom. The van der Waals surface area contributed by atoms with Crippen molar-refractivity contribution in [3.05, 3.63) is 29.3 Å². The summed E-state index contributed by atoms with van der Waals surface area (Å²) in [5, 5.41) is 2.51. The Labute approximate surface area is 104 Å². The van der Waals surface area contributed by atoms with Crippen LogP contribution in [0.5, 0.6) is 0 Å². The van der Waals surface area contributed by atoms with Crippen LogP contribution in [0, 0.1) is 0 Å². The maximum absolute atomic E-state index is 11.5. The fourth-order valence-corrected chi connectivity index (χ4v) is 1.39. The minimum absolute atomic E-state index is 0.0376. The molecule has 0 radical (unpaired) electrons. The van der Waals surface area contributed by atoms with E-state index in [1.54, 1.807) is 0 Å². The van der Waals surface area contributed by atoms with Gasteiger partial charge in [-0.15, -0.1) is 0 Å². The topological polar surface area (TPSA) is 81.7 Å². The second-order valence-corrected chi connectivity index (χ2v) is 3.42. The largest absolute Gasteiger partial charge is 0.465 e. The highest BCUT2D eigenvalue weighted by Gasteiger charge is 2.19. The summed E-state index contributed by atoms with van der Waals surface area (Å²) in [4.78, 5) is 33.9. The van der Waals surface area contributed by atoms with Crippen LogP contribution in [0.3, 0.4) is 0 Å². The lowest BCUT2D eigenvalue weighted by Gasteiger charge is -2.09. The number of benzene rings is 1. The Hall–Kier alpha value is -2.37. The second kappa shape index (κ2) is 5.81. The van der Waals surface area contributed by atoms with Crippen molar-refractivity contribution >= 4 is 23.5 Å². The number of carbonyl (C=O) groups excluding carboxylic acids is 3. The van der Waals surface area contributed by atoms with Crippen LogP contribution in [0.25, 0.3) is 0 Å². The molecule has 0 bridgehead atoms. The highest BCUT2D eigenvalue weighted by atomic mass is 16.5. The Bertz CT molecular complexity index is 495. The molecule has 0 saturated heterocycles. The fraction of sp³-hybridized carbons (Fsp3) is 0.250. The predicted octanol–water partition coefficient (Wildman–Crippen LogP) is 1.22. The summed E-state index contributed by atoms with van der Waals surface area (Å²) in [6, 6.07) is 4.25. The second-order valence-electron chi connectivity index (χ2n) is 3.42. The molecule has 0 fully saturated rings. The lowest BCUT2D eigenvalue weighted by molar-refractivity contribution is -0.114. The first-order chi connectivity index (χ1) is 8.49. The Kier molecular flexibility index (Phi) is 4.42. The molecule has 0 aliphatic carbocycles. The summed E-state index contributed by atoms with van der Waals surface area (Å²) in [5.74, 6) is -1.61. The minimum atomic E-state index is -0.678. The molecule has 18 heavy (non-hydrogen) atoms. The summed E-state index contributed by atoms with van der Waals surface area (Å²) in [5.41, 5.74) is 0.518. The number of ether oxygens (including phenoxy) is 2. The van der Waals surface area contributed by atoms with Gasteiger partial charge in [0.1, 0.15) is 0 Å². The molecule has 0 aliphatic rings. The summed E-state index contributed by atoms with van der Waals surface area (Å²) >= 11 is 0. The molecule has 0 heterocycles. The van der Waals surface area contributed by atoms with Gasteiger partial charge in [0.25, 0.3) is 0 Å². The van der Waals surface area contributed by atoms with Gasteiger partial charge in [0.15, 0.2) is 0 Å². The van der Waals surface area contributed by atoms with Crippen LogP contribution in [0.2, 0.25) is 0 Å². The first-order valence-electron chi connectivity index (χ1n) is 5.08. The third-order valence-corrected chi connectivity index (χ3v) is 2.15. The lowest BCUT2D eigenvalue weighted by atomic mass is 10.1. The molecule has 0 spiro atoms. The first-order valence-corrected chi connectivity index (χ1v) is 5.08. The zero-order chi connectivity index (χ0) is 13.7. The van der Waals surface area contributed by atoms with Gasteiger partial charge in [0.2, 0.25) is 5.91 Å².